The molecule has 0 aromatic carbocycles. The molecule has 1 rings (SSSR count). The Morgan fingerprint density at radius 1 is 1.06 bits per heavy atom. The van der Waals surface area contributed by atoms with Crippen molar-refractivity contribution in [1.29, 1.82) is 0 Å². The van der Waals surface area contributed by atoms with Gasteiger partial charge in [0.1, 0.15) is 0 Å². The molecule has 0 aliphatic carbocycles. The van der Waals surface area contributed by atoms with Crippen LogP contribution in [0.1, 0.15) is 19.8 Å². The van der Waals surface area contributed by atoms with Crippen LogP contribution in [-0.4, -0.2) is 67.6 Å². The van der Waals surface area contributed by atoms with Crippen molar-refractivity contribution in [2.75, 3.05) is 57.8 Å². The van der Waals surface area contributed by atoms with E-state index < -0.39 is 0 Å². The molecule has 0 atom stereocenters. The highest BCUT2D eigenvalue weighted by molar-refractivity contribution is 9.09. The molecule has 1 saturated heterocycles. The van der Waals surface area contributed by atoms with E-state index in [-0.39, 0.29) is 0 Å². The Labute approximate surface area is 108 Å². The van der Waals surface area contributed by atoms with Gasteiger partial charge in [-0.3, -0.25) is 0 Å². The molecule has 0 aromatic heterocycles. The molecule has 0 spiro atoms. The second kappa shape index (κ2) is 9.40. The summed E-state index contributed by atoms with van der Waals surface area (Å²) in [7, 11) is 0. The van der Waals surface area contributed by atoms with Crippen LogP contribution in [0.15, 0.2) is 0 Å². The maximum absolute atomic E-state index is 5.37. The van der Waals surface area contributed by atoms with Gasteiger partial charge in [-0.1, -0.05) is 15.9 Å². The van der Waals surface area contributed by atoms with Crippen molar-refractivity contribution < 1.29 is 4.74 Å². The van der Waals surface area contributed by atoms with Gasteiger partial charge in [-0.05, 0) is 32.9 Å². The van der Waals surface area contributed by atoms with Crippen LogP contribution in [0.4, 0.5) is 0 Å². The fourth-order valence-electron chi connectivity index (χ4n) is 2.13. The maximum atomic E-state index is 5.37. The van der Waals surface area contributed by atoms with E-state index in [1.165, 1.54) is 52.1 Å². The first-order valence-corrected chi connectivity index (χ1v) is 7.57. The van der Waals surface area contributed by atoms with Crippen LogP contribution < -0.4 is 0 Å². The summed E-state index contributed by atoms with van der Waals surface area (Å²) in [4.78, 5) is 5.13. The molecule has 0 amide bonds. The zero-order chi connectivity index (χ0) is 11.6. The fraction of sp³-hybridized carbons (Fsp3) is 1.00. The van der Waals surface area contributed by atoms with Crippen LogP contribution in [0.2, 0.25) is 0 Å². The summed E-state index contributed by atoms with van der Waals surface area (Å²) < 4.78 is 5.37. The molecular formula is C12H25BrN2O. The minimum absolute atomic E-state index is 0.846. The summed E-state index contributed by atoms with van der Waals surface area (Å²) >= 11 is 3.51. The average molecular weight is 293 g/mol. The van der Waals surface area contributed by atoms with E-state index in [9.17, 15) is 0 Å². The molecule has 0 unspecified atom stereocenters. The van der Waals surface area contributed by atoms with Crippen molar-refractivity contribution in [3.8, 4) is 0 Å². The van der Waals surface area contributed by atoms with Gasteiger partial charge in [0.15, 0.2) is 0 Å². The SMILES string of the molecule is CCOCCCN1CCCN(CCBr)CC1. The van der Waals surface area contributed by atoms with Gasteiger partial charge in [0.05, 0.1) is 0 Å². The van der Waals surface area contributed by atoms with Crippen LogP contribution in [-0.2, 0) is 4.74 Å². The van der Waals surface area contributed by atoms with Crippen molar-refractivity contribution in [2.45, 2.75) is 19.8 Å². The third-order valence-corrected chi connectivity index (χ3v) is 3.40. The minimum atomic E-state index is 0.846. The molecule has 0 N–H and O–H groups in total. The van der Waals surface area contributed by atoms with Crippen LogP contribution in [0.3, 0.4) is 0 Å². The Bertz CT molecular complexity index is 169. The summed E-state index contributed by atoms with van der Waals surface area (Å²) in [6.07, 6.45) is 2.48. The molecule has 3 nitrogen and oxygen atoms in total. The largest absolute Gasteiger partial charge is 0.382 e. The van der Waals surface area contributed by atoms with E-state index in [0.717, 1.165) is 18.5 Å². The highest BCUT2D eigenvalue weighted by Gasteiger charge is 2.13. The van der Waals surface area contributed by atoms with E-state index in [2.05, 4.69) is 32.7 Å². The molecule has 0 radical (unpaired) electrons. The maximum Gasteiger partial charge on any atom is 0.0478 e. The van der Waals surface area contributed by atoms with Gasteiger partial charge in [0.25, 0.3) is 0 Å². The highest BCUT2D eigenvalue weighted by Crippen LogP contribution is 2.04. The van der Waals surface area contributed by atoms with Gasteiger partial charge in [-0.25, -0.2) is 0 Å². The molecule has 16 heavy (non-hydrogen) atoms. The lowest BCUT2D eigenvalue weighted by molar-refractivity contribution is 0.132. The predicted octanol–water partition coefficient (Wildman–Crippen LogP) is 1.82. The van der Waals surface area contributed by atoms with Gasteiger partial charge in [0, 0.05) is 44.7 Å². The lowest BCUT2D eigenvalue weighted by Crippen LogP contribution is -2.32. The molecule has 0 saturated carbocycles. The number of hydrogen-bond donors (Lipinski definition) is 0. The first kappa shape index (κ1) is 14.4. The summed E-state index contributed by atoms with van der Waals surface area (Å²) in [5.74, 6) is 0. The quantitative estimate of drug-likeness (QED) is 0.526. The lowest BCUT2D eigenvalue weighted by Gasteiger charge is -2.21. The first-order valence-electron chi connectivity index (χ1n) is 6.45. The van der Waals surface area contributed by atoms with Gasteiger partial charge in [0.2, 0.25) is 0 Å². The van der Waals surface area contributed by atoms with Gasteiger partial charge in [-0.15, -0.1) is 0 Å². The molecular weight excluding hydrogens is 268 g/mol. The van der Waals surface area contributed by atoms with Crippen LogP contribution >= 0.6 is 15.9 Å². The zero-order valence-electron chi connectivity index (χ0n) is 10.5. The Kier molecular flexibility index (Phi) is 8.47. The summed E-state index contributed by atoms with van der Waals surface area (Å²) in [5.41, 5.74) is 0. The number of nitrogens with zero attached hydrogens (tertiary/aromatic N) is 2. The van der Waals surface area contributed by atoms with Gasteiger partial charge >= 0.3 is 0 Å². The van der Waals surface area contributed by atoms with E-state index in [1.807, 2.05) is 0 Å². The van der Waals surface area contributed by atoms with Crippen molar-refractivity contribution in [1.82, 2.24) is 9.80 Å². The van der Waals surface area contributed by atoms with Crippen molar-refractivity contribution in [3.63, 3.8) is 0 Å². The predicted molar refractivity (Wildman–Crippen MR) is 72.4 cm³/mol. The second-order valence-corrected chi connectivity index (χ2v) is 5.07. The highest BCUT2D eigenvalue weighted by atomic mass is 79.9. The topological polar surface area (TPSA) is 15.7 Å². The Hall–Kier alpha value is 0.360. The Morgan fingerprint density at radius 2 is 1.75 bits per heavy atom. The molecule has 1 aliphatic rings. The Balaban J connectivity index is 2.10. The van der Waals surface area contributed by atoms with E-state index in [4.69, 9.17) is 4.74 Å². The summed E-state index contributed by atoms with van der Waals surface area (Å²) in [6.45, 7) is 11.2. The normalized spacial score (nSPS) is 19.9. The number of hydrogen-bond acceptors (Lipinski definition) is 3. The first-order chi connectivity index (χ1) is 7.86. The van der Waals surface area contributed by atoms with Gasteiger partial charge < -0.3 is 14.5 Å². The molecule has 1 aliphatic heterocycles. The monoisotopic (exact) mass is 292 g/mol. The van der Waals surface area contributed by atoms with Crippen molar-refractivity contribution >= 4 is 15.9 Å². The molecule has 4 heteroatoms. The summed E-state index contributed by atoms with van der Waals surface area (Å²) in [6, 6.07) is 0. The summed E-state index contributed by atoms with van der Waals surface area (Å²) in [5, 5.41) is 1.09. The smallest absolute Gasteiger partial charge is 0.0478 e. The molecule has 1 fully saturated rings. The second-order valence-electron chi connectivity index (χ2n) is 4.28. The zero-order valence-corrected chi connectivity index (χ0v) is 12.0. The van der Waals surface area contributed by atoms with Gasteiger partial charge in [-0.2, -0.15) is 0 Å². The number of ether oxygens (including phenoxy) is 1. The molecule has 96 valence electrons. The fourth-order valence-corrected chi connectivity index (χ4v) is 2.63. The number of halogens is 1. The molecule has 0 bridgehead atoms. The van der Waals surface area contributed by atoms with Crippen molar-refractivity contribution in [2.24, 2.45) is 0 Å². The molecule has 1 heterocycles. The lowest BCUT2D eigenvalue weighted by atomic mass is 10.3. The van der Waals surface area contributed by atoms with E-state index in [1.54, 1.807) is 0 Å². The van der Waals surface area contributed by atoms with E-state index >= 15 is 0 Å². The van der Waals surface area contributed by atoms with Crippen LogP contribution in [0, 0.1) is 0 Å². The van der Waals surface area contributed by atoms with Crippen LogP contribution in [0.25, 0.3) is 0 Å². The van der Waals surface area contributed by atoms with Crippen molar-refractivity contribution in [3.05, 3.63) is 0 Å². The standard InChI is InChI=1S/C12H25BrN2O/c1-2-16-12-4-8-14-6-3-7-15(9-5-13)11-10-14/h2-12H2,1H3. The molecule has 0 aromatic rings. The average Bonchev–Trinajstić information content (AvgIpc) is 2.51. The Morgan fingerprint density at radius 3 is 2.38 bits per heavy atom. The van der Waals surface area contributed by atoms with E-state index in [0.29, 0.717) is 0 Å². The third kappa shape index (κ3) is 6.18. The number of rotatable bonds is 7. The minimum Gasteiger partial charge on any atom is -0.382 e. The van der Waals surface area contributed by atoms with Crippen LogP contribution in [0.5, 0.6) is 0 Å². The third-order valence-electron chi connectivity index (χ3n) is 3.05. The number of alkyl halides is 1.